The van der Waals surface area contributed by atoms with Gasteiger partial charge in [-0.25, -0.2) is 4.79 Å². The van der Waals surface area contributed by atoms with Crippen molar-refractivity contribution >= 4 is 11.7 Å². The summed E-state index contributed by atoms with van der Waals surface area (Å²) in [5.74, 6) is 1.69. The van der Waals surface area contributed by atoms with E-state index in [1.54, 1.807) is 14.2 Å². The summed E-state index contributed by atoms with van der Waals surface area (Å²) in [6, 6.07) is 8.13. The van der Waals surface area contributed by atoms with E-state index in [0.29, 0.717) is 24.0 Å². The van der Waals surface area contributed by atoms with E-state index in [9.17, 15) is 4.79 Å². The van der Waals surface area contributed by atoms with Crippen LogP contribution in [0.5, 0.6) is 11.5 Å². The maximum absolute atomic E-state index is 12.6. The Bertz CT molecular complexity index is 1040. The van der Waals surface area contributed by atoms with Gasteiger partial charge in [-0.3, -0.25) is 4.98 Å². The summed E-state index contributed by atoms with van der Waals surface area (Å²) in [5, 5.41) is 0. The SMILES string of the molecule is COc1ccc(-c2cnc3c(c2)C(C2CCCN(C(=O)OC(C)(C)C)C2)=CC3)cc1OC. The van der Waals surface area contributed by atoms with Crippen LogP contribution in [0.4, 0.5) is 4.79 Å². The first-order valence-electron chi connectivity index (χ1n) is 11.2. The fraction of sp³-hybridized carbons (Fsp3) is 0.462. The number of aromatic nitrogens is 1. The monoisotopic (exact) mass is 436 g/mol. The van der Waals surface area contributed by atoms with E-state index in [1.165, 1.54) is 11.1 Å². The largest absolute Gasteiger partial charge is 0.493 e. The molecule has 1 saturated heterocycles. The molecular weight excluding hydrogens is 404 g/mol. The van der Waals surface area contributed by atoms with Gasteiger partial charge >= 0.3 is 6.09 Å². The van der Waals surface area contributed by atoms with Crippen molar-refractivity contribution in [3.63, 3.8) is 0 Å². The van der Waals surface area contributed by atoms with Crippen molar-refractivity contribution in [2.75, 3.05) is 27.3 Å². The lowest BCUT2D eigenvalue weighted by molar-refractivity contribution is 0.0190. The molecule has 2 aromatic rings. The predicted octanol–water partition coefficient (Wildman–Crippen LogP) is 5.35. The number of ether oxygens (including phenoxy) is 3. The molecule has 0 N–H and O–H groups in total. The van der Waals surface area contributed by atoms with E-state index in [-0.39, 0.29) is 6.09 Å². The van der Waals surface area contributed by atoms with Gasteiger partial charge in [-0.1, -0.05) is 12.1 Å². The third-order valence-corrected chi connectivity index (χ3v) is 6.03. The van der Waals surface area contributed by atoms with Crippen LogP contribution in [0.1, 0.15) is 44.9 Å². The van der Waals surface area contributed by atoms with E-state index < -0.39 is 5.60 Å². The van der Waals surface area contributed by atoms with Crippen molar-refractivity contribution < 1.29 is 19.0 Å². The standard InChI is InChI=1S/C26H32N2O4/c1-26(2,3)32-25(29)28-12-6-7-18(16-28)20-9-10-22-21(20)13-19(15-27-22)17-8-11-23(30-4)24(14-17)31-5/h8-9,11,13-15,18H,6-7,10,12,16H2,1-5H3. The van der Waals surface area contributed by atoms with Crippen molar-refractivity contribution in [2.24, 2.45) is 5.92 Å². The van der Waals surface area contributed by atoms with Gasteiger partial charge in [0.1, 0.15) is 5.60 Å². The van der Waals surface area contributed by atoms with Crippen LogP contribution in [0.2, 0.25) is 0 Å². The zero-order valence-electron chi connectivity index (χ0n) is 19.6. The number of carbonyl (C=O) groups excluding carboxylic acids is 1. The number of hydrogen-bond acceptors (Lipinski definition) is 5. The lowest BCUT2D eigenvalue weighted by atomic mass is 9.87. The van der Waals surface area contributed by atoms with Crippen LogP contribution < -0.4 is 9.47 Å². The van der Waals surface area contributed by atoms with Gasteiger partial charge in [-0.15, -0.1) is 0 Å². The van der Waals surface area contributed by atoms with Crippen LogP contribution in [0.25, 0.3) is 16.7 Å². The fourth-order valence-electron chi connectivity index (χ4n) is 4.51. The maximum Gasteiger partial charge on any atom is 0.410 e. The second kappa shape index (κ2) is 8.85. The number of amides is 1. The number of rotatable bonds is 4. The van der Waals surface area contributed by atoms with Gasteiger partial charge < -0.3 is 19.1 Å². The number of methoxy groups -OCH3 is 2. The zero-order valence-corrected chi connectivity index (χ0v) is 19.6. The summed E-state index contributed by atoms with van der Waals surface area (Å²) >= 11 is 0. The Morgan fingerprint density at radius 1 is 1.09 bits per heavy atom. The van der Waals surface area contributed by atoms with Crippen molar-refractivity contribution in [2.45, 2.75) is 45.6 Å². The molecule has 2 aliphatic rings. The molecule has 0 saturated carbocycles. The van der Waals surface area contributed by atoms with Gasteiger partial charge in [-0.2, -0.15) is 0 Å². The second-order valence-corrected chi connectivity index (χ2v) is 9.42. The van der Waals surface area contributed by atoms with E-state index in [4.69, 9.17) is 19.2 Å². The average Bonchev–Trinajstić information content (AvgIpc) is 3.21. The number of carbonyl (C=O) groups is 1. The predicted molar refractivity (Wildman–Crippen MR) is 125 cm³/mol. The highest BCUT2D eigenvalue weighted by molar-refractivity contribution is 5.79. The Kier molecular flexibility index (Phi) is 6.13. The van der Waals surface area contributed by atoms with Crippen LogP contribution in [0, 0.1) is 5.92 Å². The molecule has 1 unspecified atom stereocenters. The highest BCUT2D eigenvalue weighted by Crippen LogP contribution is 2.39. The van der Waals surface area contributed by atoms with Gasteiger partial charge in [0.25, 0.3) is 0 Å². The molecule has 1 aromatic carbocycles. The molecule has 2 heterocycles. The number of allylic oxidation sites excluding steroid dienone is 1. The molecule has 1 aliphatic heterocycles. The Balaban J connectivity index is 1.57. The number of fused-ring (bicyclic) bond motifs is 1. The van der Waals surface area contributed by atoms with Crippen LogP contribution in [0.15, 0.2) is 36.5 Å². The molecule has 1 aromatic heterocycles. The zero-order chi connectivity index (χ0) is 22.9. The third kappa shape index (κ3) is 4.59. The van der Waals surface area contributed by atoms with Crippen molar-refractivity contribution in [1.82, 2.24) is 9.88 Å². The molecule has 0 radical (unpaired) electrons. The molecule has 0 spiro atoms. The first-order chi connectivity index (χ1) is 15.3. The number of pyridine rings is 1. The van der Waals surface area contributed by atoms with Crippen LogP contribution in [-0.4, -0.2) is 48.9 Å². The molecule has 1 amide bonds. The van der Waals surface area contributed by atoms with Gasteiger partial charge in [0, 0.05) is 42.8 Å². The molecule has 4 rings (SSSR count). The lowest BCUT2D eigenvalue weighted by Gasteiger charge is -2.35. The van der Waals surface area contributed by atoms with E-state index in [2.05, 4.69) is 12.1 Å². The van der Waals surface area contributed by atoms with Gasteiger partial charge in [0.05, 0.1) is 19.9 Å². The number of piperidine rings is 1. The molecule has 6 nitrogen and oxygen atoms in total. The minimum Gasteiger partial charge on any atom is -0.493 e. The Hall–Kier alpha value is -3.02. The number of likely N-dealkylation sites (tertiary alicyclic amines) is 1. The van der Waals surface area contributed by atoms with Gasteiger partial charge in [0.2, 0.25) is 0 Å². The summed E-state index contributed by atoms with van der Waals surface area (Å²) < 4.78 is 16.4. The fourth-order valence-corrected chi connectivity index (χ4v) is 4.51. The van der Waals surface area contributed by atoms with Crippen molar-refractivity contribution in [3.8, 4) is 22.6 Å². The topological polar surface area (TPSA) is 60.9 Å². The van der Waals surface area contributed by atoms with Gasteiger partial charge in [0.15, 0.2) is 11.5 Å². The second-order valence-electron chi connectivity index (χ2n) is 9.42. The maximum atomic E-state index is 12.6. The summed E-state index contributed by atoms with van der Waals surface area (Å²) in [6.07, 6.45) is 6.84. The normalized spacial score (nSPS) is 18.1. The number of nitrogens with zero attached hydrogens (tertiary/aromatic N) is 2. The Morgan fingerprint density at radius 2 is 1.88 bits per heavy atom. The number of benzene rings is 1. The average molecular weight is 437 g/mol. The quantitative estimate of drug-likeness (QED) is 0.646. The van der Waals surface area contributed by atoms with Crippen LogP contribution in [-0.2, 0) is 11.2 Å². The minimum atomic E-state index is -0.485. The molecule has 6 heteroatoms. The molecule has 1 fully saturated rings. The Labute approximate surface area is 190 Å². The minimum absolute atomic E-state index is 0.224. The van der Waals surface area contributed by atoms with E-state index >= 15 is 0 Å². The summed E-state index contributed by atoms with van der Waals surface area (Å²) in [4.78, 5) is 19.2. The smallest absolute Gasteiger partial charge is 0.410 e. The first-order valence-corrected chi connectivity index (χ1v) is 11.2. The molecule has 1 aliphatic carbocycles. The summed E-state index contributed by atoms with van der Waals surface area (Å²) in [6.45, 7) is 7.15. The van der Waals surface area contributed by atoms with Crippen molar-refractivity contribution in [3.05, 3.63) is 47.8 Å². The van der Waals surface area contributed by atoms with E-state index in [0.717, 1.165) is 42.6 Å². The Morgan fingerprint density at radius 3 is 2.59 bits per heavy atom. The molecular formula is C26H32N2O4. The summed E-state index contributed by atoms with van der Waals surface area (Å²) in [7, 11) is 3.28. The molecule has 170 valence electrons. The highest BCUT2D eigenvalue weighted by Gasteiger charge is 2.32. The van der Waals surface area contributed by atoms with Crippen LogP contribution >= 0.6 is 0 Å². The highest BCUT2D eigenvalue weighted by atomic mass is 16.6. The lowest BCUT2D eigenvalue weighted by Crippen LogP contribution is -2.43. The van der Waals surface area contributed by atoms with Crippen molar-refractivity contribution in [1.29, 1.82) is 0 Å². The molecule has 0 bridgehead atoms. The third-order valence-electron chi connectivity index (χ3n) is 6.03. The number of hydrogen-bond donors (Lipinski definition) is 0. The van der Waals surface area contributed by atoms with Crippen LogP contribution in [0.3, 0.4) is 0 Å². The first kappa shape index (κ1) is 22.2. The molecule has 1 atom stereocenters. The van der Waals surface area contributed by atoms with E-state index in [1.807, 2.05) is 50.1 Å². The van der Waals surface area contributed by atoms with Gasteiger partial charge in [-0.05, 0) is 62.9 Å². The molecule has 32 heavy (non-hydrogen) atoms. The summed E-state index contributed by atoms with van der Waals surface area (Å²) in [5.41, 5.74) is 5.16.